The van der Waals surface area contributed by atoms with E-state index in [-0.39, 0.29) is 12.5 Å². The lowest BCUT2D eigenvalue weighted by Crippen LogP contribution is -2.58. The number of nitrogens with zero attached hydrogens (tertiary/aromatic N) is 5. The smallest absolute Gasteiger partial charge is 0.239 e. The first-order valence-corrected chi connectivity index (χ1v) is 9.13. The van der Waals surface area contributed by atoms with Crippen LogP contribution in [0.3, 0.4) is 0 Å². The summed E-state index contributed by atoms with van der Waals surface area (Å²) in [5, 5.41) is 5.27. The van der Waals surface area contributed by atoms with Gasteiger partial charge < -0.3 is 10.2 Å². The van der Waals surface area contributed by atoms with Crippen LogP contribution in [0.5, 0.6) is 0 Å². The van der Waals surface area contributed by atoms with E-state index in [4.69, 9.17) is 31.4 Å². The fourth-order valence-corrected chi connectivity index (χ4v) is 3.48. The monoisotopic (exact) mass is 376 g/mol. The summed E-state index contributed by atoms with van der Waals surface area (Å²) < 4.78 is 1.71. The number of nitrogens with one attached hydrogen (secondary N) is 1. The van der Waals surface area contributed by atoms with Gasteiger partial charge in [0.2, 0.25) is 5.91 Å². The number of pyridine rings is 2. The van der Waals surface area contributed by atoms with Crippen LogP contribution in [0.2, 0.25) is 0 Å². The SMILES string of the molecule is [B]C1([B])CCC([B])([B])N1CC(=O)Nc1cc2nc(-c3cnn(C)c3)ccc2cn1. The molecule has 0 saturated carbocycles. The summed E-state index contributed by atoms with van der Waals surface area (Å²) in [5.74, 6) is -0.0143. The van der Waals surface area contributed by atoms with E-state index < -0.39 is 10.7 Å². The first-order valence-electron chi connectivity index (χ1n) is 9.13. The number of carbonyl (C=O) groups is 1. The predicted octanol–water partition coefficient (Wildman–Crippen LogP) is 0.0462. The van der Waals surface area contributed by atoms with Gasteiger partial charge in [0.15, 0.2) is 0 Å². The number of aryl methyl sites for hydroxylation is 1. The largest absolute Gasteiger partial charge is 0.317 e. The number of amides is 1. The number of rotatable bonds is 4. The van der Waals surface area contributed by atoms with Gasteiger partial charge in [-0.3, -0.25) is 9.48 Å². The first kappa shape index (κ1) is 19.8. The van der Waals surface area contributed by atoms with Crippen LogP contribution in [0, 0.1) is 0 Å². The average molecular weight is 376 g/mol. The summed E-state index contributed by atoms with van der Waals surface area (Å²) in [6.45, 7) is -0.150. The highest BCUT2D eigenvalue weighted by atomic mass is 16.2. The second-order valence-corrected chi connectivity index (χ2v) is 7.48. The maximum Gasteiger partial charge on any atom is 0.239 e. The van der Waals surface area contributed by atoms with Crippen LogP contribution in [0.1, 0.15) is 12.8 Å². The standard InChI is InChI=1S/C18H16B4N6O/c1-27-9-12(8-24-27)13-3-2-11-7-23-15(6-14(11)25-13)26-16(29)10-28-17(19,20)4-5-18(28,21)22/h2-3,6-9H,4-5,10H2,1H3,(H,23,26,29). The fraction of sp³-hybridized carbons (Fsp3) is 0.333. The Kier molecular flexibility index (Phi) is 4.81. The Balaban J connectivity index is 1.54. The Labute approximate surface area is 174 Å². The van der Waals surface area contributed by atoms with Crippen molar-refractivity contribution in [3.05, 3.63) is 36.8 Å². The topological polar surface area (TPSA) is 75.9 Å². The number of aromatic nitrogens is 4. The summed E-state index contributed by atoms with van der Waals surface area (Å²) in [4.78, 5) is 22.8. The third kappa shape index (κ3) is 3.96. The van der Waals surface area contributed by atoms with Gasteiger partial charge in [-0.05, 0) is 12.1 Å². The summed E-state index contributed by atoms with van der Waals surface area (Å²) >= 11 is 0. The molecule has 1 saturated heterocycles. The lowest BCUT2D eigenvalue weighted by molar-refractivity contribution is -0.117. The van der Waals surface area contributed by atoms with Crippen LogP contribution in [-0.2, 0) is 11.8 Å². The number of carbonyl (C=O) groups excluding carboxylic acids is 1. The Bertz CT molecular complexity index is 1070. The van der Waals surface area contributed by atoms with Gasteiger partial charge in [-0.1, -0.05) is 23.5 Å². The highest BCUT2D eigenvalue weighted by Gasteiger charge is 2.43. The van der Waals surface area contributed by atoms with E-state index in [9.17, 15) is 4.79 Å². The van der Waals surface area contributed by atoms with E-state index in [2.05, 4.69) is 20.4 Å². The Morgan fingerprint density at radius 3 is 2.55 bits per heavy atom. The van der Waals surface area contributed by atoms with Crippen molar-refractivity contribution in [2.75, 3.05) is 11.9 Å². The minimum atomic E-state index is -1.24. The van der Waals surface area contributed by atoms with Gasteiger partial charge in [-0.25, -0.2) is 9.97 Å². The molecule has 0 spiro atoms. The molecule has 1 N–H and O–H groups in total. The second-order valence-electron chi connectivity index (χ2n) is 7.48. The fourth-order valence-electron chi connectivity index (χ4n) is 3.48. The van der Waals surface area contributed by atoms with Gasteiger partial charge in [0.25, 0.3) is 0 Å². The van der Waals surface area contributed by atoms with Crippen molar-refractivity contribution in [3.8, 4) is 11.3 Å². The van der Waals surface area contributed by atoms with Crippen LogP contribution in [-0.4, -0.2) is 79.2 Å². The zero-order chi connectivity index (χ0) is 20.8. The van der Waals surface area contributed by atoms with Crippen molar-refractivity contribution in [1.29, 1.82) is 0 Å². The molecule has 4 rings (SSSR count). The molecule has 3 aromatic heterocycles. The molecule has 1 fully saturated rings. The lowest BCUT2D eigenvalue weighted by atomic mass is 9.58. The lowest BCUT2D eigenvalue weighted by Gasteiger charge is -2.41. The average Bonchev–Trinajstić information content (AvgIpc) is 3.18. The van der Waals surface area contributed by atoms with E-state index in [0.717, 1.165) is 16.6 Å². The number of likely N-dealkylation sites (tertiary alicyclic amines) is 1. The molecule has 1 aliphatic rings. The quantitative estimate of drug-likeness (QED) is 0.652. The van der Waals surface area contributed by atoms with Crippen LogP contribution in [0.25, 0.3) is 22.2 Å². The Hall–Kier alpha value is -2.54. The van der Waals surface area contributed by atoms with E-state index in [1.54, 1.807) is 23.1 Å². The third-order valence-corrected chi connectivity index (χ3v) is 5.07. The molecule has 0 aliphatic carbocycles. The molecule has 4 heterocycles. The van der Waals surface area contributed by atoms with Crippen molar-refractivity contribution in [1.82, 2.24) is 24.6 Å². The zero-order valence-electron chi connectivity index (χ0n) is 16.0. The predicted molar refractivity (Wildman–Crippen MR) is 115 cm³/mol. The third-order valence-electron chi connectivity index (χ3n) is 5.07. The molecule has 136 valence electrons. The molecule has 0 bridgehead atoms. The van der Waals surface area contributed by atoms with Crippen LogP contribution >= 0.6 is 0 Å². The highest BCUT2D eigenvalue weighted by Crippen LogP contribution is 2.33. The summed E-state index contributed by atoms with van der Waals surface area (Å²) in [6, 6.07) is 5.52. The van der Waals surface area contributed by atoms with Crippen LogP contribution in [0.15, 0.2) is 36.8 Å². The molecular formula is C18H16B4N6O. The maximum absolute atomic E-state index is 12.5. The summed E-state index contributed by atoms with van der Waals surface area (Å²) in [6.07, 6.45) is 6.05. The Morgan fingerprint density at radius 2 is 1.90 bits per heavy atom. The summed E-state index contributed by atoms with van der Waals surface area (Å²) in [7, 11) is 25.9. The zero-order valence-corrected chi connectivity index (χ0v) is 16.0. The number of hydrogen-bond donors (Lipinski definition) is 1. The van der Waals surface area contributed by atoms with Crippen molar-refractivity contribution in [3.63, 3.8) is 0 Å². The van der Waals surface area contributed by atoms with Crippen LogP contribution in [0.4, 0.5) is 5.82 Å². The summed E-state index contributed by atoms with van der Waals surface area (Å²) in [5.41, 5.74) is 2.37. The number of hydrogen-bond acceptors (Lipinski definition) is 5. The van der Waals surface area contributed by atoms with Crippen molar-refractivity contribution in [2.45, 2.75) is 23.5 Å². The molecule has 0 aromatic carbocycles. The second kappa shape index (κ2) is 7.06. The van der Waals surface area contributed by atoms with Crippen molar-refractivity contribution >= 4 is 54.0 Å². The van der Waals surface area contributed by atoms with E-state index in [1.807, 2.05) is 25.4 Å². The molecule has 0 unspecified atom stereocenters. The molecule has 0 atom stereocenters. The van der Waals surface area contributed by atoms with Crippen molar-refractivity contribution < 1.29 is 4.79 Å². The normalized spacial score (nSPS) is 18.1. The first-order chi connectivity index (χ1) is 13.6. The van der Waals surface area contributed by atoms with Gasteiger partial charge in [0.05, 0.1) is 55.3 Å². The van der Waals surface area contributed by atoms with Crippen LogP contribution < -0.4 is 5.32 Å². The van der Waals surface area contributed by atoms with Gasteiger partial charge in [0.1, 0.15) is 5.82 Å². The maximum atomic E-state index is 12.5. The molecule has 3 aromatic rings. The Morgan fingerprint density at radius 1 is 1.17 bits per heavy atom. The molecule has 11 heteroatoms. The molecule has 8 radical (unpaired) electrons. The molecule has 1 amide bonds. The van der Waals surface area contributed by atoms with Gasteiger partial charge in [0, 0.05) is 36.5 Å². The van der Waals surface area contributed by atoms with Gasteiger partial charge in [-0.2, -0.15) is 5.10 Å². The van der Waals surface area contributed by atoms with E-state index in [1.165, 1.54) is 4.90 Å². The van der Waals surface area contributed by atoms with Gasteiger partial charge in [-0.15, -0.1) is 0 Å². The minimum absolute atomic E-state index is 0.150. The van der Waals surface area contributed by atoms with Crippen molar-refractivity contribution in [2.24, 2.45) is 7.05 Å². The number of anilines is 1. The minimum Gasteiger partial charge on any atom is -0.317 e. The molecule has 7 nitrogen and oxygen atoms in total. The molecular weight excluding hydrogens is 359 g/mol. The highest BCUT2D eigenvalue weighted by molar-refractivity contribution is 6.45. The van der Waals surface area contributed by atoms with E-state index in [0.29, 0.717) is 24.2 Å². The molecule has 1 aliphatic heterocycles. The molecule has 29 heavy (non-hydrogen) atoms. The van der Waals surface area contributed by atoms with E-state index >= 15 is 0 Å². The number of fused-ring (bicyclic) bond motifs is 1. The van der Waals surface area contributed by atoms with Gasteiger partial charge >= 0.3 is 0 Å².